The summed E-state index contributed by atoms with van der Waals surface area (Å²) in [7, 11) is 3.27. The second-order valence-corrected chi connectivity index (χ2v) is 8.32. The molecule has 34 heavy (non-hydrogen) atoms. The molecular formula is C27H32N2O5. The van der Waals surface area contributed by atoms with Gasteiger partial charge in [-0.05, 0) is 37.6 Å². The van der Waals surface area contributed by atoms with Crippen LogP contribution in [0.3, 0.4) is 0 Å². The van der Waals surface area contributed by atoms with Crippen LogP contribution in [-0.2, 0) is 9.53 Å². The molecule has 4 rings (SSSR count). The van der Waals surface area contributed by atoms with Crippen molar-refractivity contribution in [1.29, 1.82) is 0 Å². The number of morpholine rings is 1. The van der Waals surface area contributed by atoms with E-state index in [-0.39, 0.29) is 5.91 Å². The highest BCUT2D eigenvalue weighted by Gasteiger charge is 2.17. The molecule has 3 aromatic rings. The van der Waals surface area contributed by atoms with Gasteiger partial charge >= 0.3 is 0 Å². The molecule has 1 saturated heterocycles. The zero-order chi connectivity index (χ0) is 23.9. The molecule has 1 aromatic heterocycles. The van der Waals surface area contributed by atoms with Gasteiger partial charge in [0.05, 0.1) is 33.7 Å². The number of furan rings is 1. The lowest BCUT2D eigenvalue weighted by molar-refractivity contribution is -0.116. The average Bonchev–Trinajstić information content (AvgIpc) is 3.29. The number of benzene rings is 2. The molecule has 1 N–H and O–H groups in total. The topological polar surface area (TPSA) is 73.2 Å². The Morgan fingerprint density at radius 1 is 1.09 bits per heavy atom. The number of nitrogens with zero attached hydrogens (tertiary/aromatic N) is 1. The van der Waals surface area contributed by atoms with E-state index < -0.39 is 0 Å². The van der Waals surface area contributed by atoms with Gasteiger partial charge in [-0.25, -0.2) is 0 Å². The summed E-state index contributed by atoms with van der Waals surface area (Å²) in [5.74, 6) is 1.31. The number of fused-ring (bicyclic) bond motifs is 1. The number of carbonyl (C=O) groups is 1. The zero-order valence-electron chi connectivity index (χ0n) is 20.1. The number of allylic oxidation sites excluding steroid dienone is 1. The highest BCUT2D eigenvalue weighted by molar-refractivity contribution is 6.01. The highest BCUT2D eigenvalue weighted by Crippen LogP contribution is 2.40. The lowest BCUT2D eigenvalue weighted by Gasteiger charge is -2.26. The van der Waals surface area contributed by atoms with Crippen LogP contribution in [0.4, 0.5) is 0 Å². The molecule has 0 atom stereocenters. The van der Waals surface area contributed by atoms with E-state index in [1.54, 1.807) is 26.6 Å². The molecule has 7 heteroatoms. The number of ether oxygens (including phenoxy) is 3. The molecule has 2 heterocycles. The summed E-state index contributed by atoms with van der Waals surface area (Å²) in [6.45, 7) is 7.00. The smallest absolute Gasteiger partial charge is 0.244 e. The monoisotopic (exact) mass is 464 g/mol. The van der Waals surface area contributed by atoms with Gasteiger partial charge < -0.3 is 23.9 Å². The molecule has 1 amide bonds. The summed E-state index contributed by atoms with van der Waals surface area (Å²) in [6.07, 6.45) is 4.26. The van der Waals surface area contributed by atoms with Crippen molar-refractivity contribution in [3.05, 3.63) is 54.3 Å². The van der Waals surface area contributed by atoms with Gasteiger partial charge in [0.15, 0.2) is 0 Å². The fourth-order valence-electron chi connectivity index (χ4n) is 4.27. The van der Waals surface area contributed by atoms with Crippen molar-refractivity contribution >= 4 is 22.4 Å². The number of para-hydroxylation sites is 1. The maximum atomic E-state index is 12.6. The molecule has 0 spiro atoms. The molecule has 180 valence electrons. The minimum absolute atomic E-state index is 0.112. The van der Waals surface area contributed by atoms with Crippen LogP contribution in [0, 0.1) is 0 Å². The first-order valence-electron chi connectivity index (χ1n) is 11.6. The number of methoxy groups -OCH3 is 2. The minimum Gasteiger partial charge on any atom is -0.496 e. The first kappa shape index (κ1) is 23.9. The normalized spacial score (nSPS) is 14.9. The Morgan fingerprint density at radius 3 is 2.62 bits per heavy atom. The van der Waals surface area contributed by atoms with Crippen molar-refractivity contribution in [1.82, 2.24) is 10.2 Å². The van der Waals surface area contributed by atoms with Crippen LogP contribution in [0.15, 0.2) is 53.2 Å². The summed E-state index contributed by atoms with van der Waals surface area (Å²) in [6, 6.07) is 11.7. The molecule has 0 saturated carbocycles. The van der Waals surface area contributed by atoms with Crippen LogP contribution in [0.5, 0.6) is 11.5 Å². The number of carbonyl (C=O) groups excluding carboxylic acids is 1. The predicted molar refractivity (Wildman–Crippen MR) is 133 cm³/mol. The lowest BCUT2D eigenvalue weighted by Crippen LogP contribution is -2.38. The Labute approximate surface area is 200 Å². The van der Waals surface area contributed by atoms with Gasteiger partial charge in [-0.1, -0.05) is 18.2 Å². The van der Waals surface area contributed by atoms with E-state index in [1.165, 1.54) is 0 Å². The van der Waals surface area contributed by atoms with Crippen molar-refractivity contribution < 1.29 is 23.4 Å². The van der Waals surface area contributed by atoms with Crippen molar-refractivity contribution in [3.8, 4) is 22.6 Å². The van der Waals surface area contributed by atoms with Crippen LogP contribution >= 0.6 is 0 Å². The Bertz CT molecular complexity index is 1160. The number of amides is 1. The van der Waals surface area contributed by atoms with E-state index in [0.717, 1.165) is 72.7 Å². The molecule has 1 aliphatic heterocycles. The van der Waals surface area contributed by atoms with Gasteiger partial charge in [0.25, 0.3) is 0 Å². The zero-order valence-corrected chi connectivity index (χ0v) is 20.1. The molecule has 2 aromatic carbocycles. The molecule has 0 unspecified atom stereocenters. The predicted octanol–water partition coefficient (Wildman–Crippen LogP) is 4.36. The van der Waals surface area contributed by atoms with Crippen molar-refractivity contribution in [3.63, 3.8) is 0 Å². The fraction of sp³-hybridized carbons (Fsp3) is 0.370. The van der Waals surface area contributed by atoms with E-state index in [9.17, 15) is 4.79 Å². The molecular weight excluding hydrogens is 432 g/mol. The second-order valence-electron chi connectivity index (χ2n) is 8.32. The van der Waals surface area contributed by atoms with Gasteiger partial charge in [-0.3, -0.25) is 9.69 Å². The van der Waals surface area contributed by atoms with Crippen molar-refractivity contribution in [2.24, 2.45) is 0 Å². The Hall–Kier alpha value is -3.29. The largest absolute Gasteiger partial charge is 0.496 e. The summed E-state index contributed by atoms with van der Waals surface area (Å²) >= 11 is 0. The maximum absolute atomic E-state index is 12.6. The quantitative estimate of drug-likeness (QED) is 0.375. The lowest BCUT2D eigenvalue weighted by atomic mass is 9.98. The van der Waals surface area contributed by atoms with Crippen molar-refractivity contribution in [2.75, 3.05) is 53.6 Å². The molecule has 1 fully saturated rings. The molecule has 0 aliphatic carbocycles. The molecule has 7 nitrogen and oxygen atoms in total. The Kier molecular flexibility index (Phi) is 7.87. The number of rotatable bonds is 9. The summed E-state index contributed by atoms with van der Waals surface area (Å²) in [5.41, 5.74) is 4.24. The van der Waals surface area contributed by atoms with Gasteiger partial charge in [0.2, 0.25) is 5.91 Å². The summed E-state index contributed by atoms with van der Waals surface area (Å²) in [4.78, 5) is 14.9. The third-order valence-electron chi connectivity index (χ3n) is 6.12. The van der Waals surface area contributed by atoms with Gasteiger partial charge in [0, 0.05) is 53.9 Å². The second kappa shape index (κ2) is 11.2. The van der Waals surface area contributed by atoms with E-state index in [2.05, 4.69) is 10.2 Å². The minimum atomic E-state index is -0.112. The highest BCUT2D eigenvalue weighted by atomic mass is 16.5. The maximum Gasteiger partial charge on any atom is 0.244 e. The van der Waals surface area contributed by atoms with E-state index >= 15 is 0 Å². The number of nitrogens with one attached hydrogen (secondary N) is 1. The number of hydrogen-bond donors (Lipinski definition) is 1. The molecule has 0 bridgehead atoms. The van der Waals surface area contributed by atoms with Crippen LogP contribution in [0.2, 0.25) is 0 Å². The first-order valence-corrected chi connectivity index (χ1v) is 11.6. The standard InChI is InChI=1S/C27H32N2O5/c1-19(15-27(30)28-9-6-10-29-11-13-33-14-12-29)21-16-22-23(18-34-26(22)17-25(21)32-3)20-7-4-5-8-24(20)31-2/h4-5,7-8,15-18H,6,9-14H2,1-3H3,(H,28,30)/b19-15+. The van der Waals surface area contributed by atoms with Gasteiger partial charge in [-0.15, -0.1) is 0 Å². The van der Waals surface area contributed by atoms with Gasteiger partial charge in [0.1, 0.15) is 17.1 Å². The first-order chi connectivity index (χ1) is 16.6. The van der Waals surface area contributed by atoms with Crippen LogP contribution < -0.4 is 14.8 Å². The molecule has 1 aliphatic rings. The van der Waals surface area contributed by atoms with E-state index in [0.29, 0.717) is 17.9 Å². The average molecular weight is 465 g/mol. The van der Waals surface area contributed by atoms with E-state index in [4.69, 9.17) is 18.6 Å². The molecule has 0 radical (unpaired) electrons. The van der Waals surface area contributed by atoms with Crippen LogP contribution in [-0.4, -0.2) is 64.4 Å². The third-order valence-corrected chi connectivity index (χ3v) is 6.12. The summed E-state index contributed by atoms with van der Waals surface area (Å²) in [5, 5.41) is 3.93. The van der Waals surface area contributed by atoms with Crippen molar-refractivity contribution in [2.45, 2.75) is 13.3 Å². The fourth-order valence-corrected chi connectivity index (χ4v) is 4.27. The Morgan fingerprint density at radius 2 is 1.85 bits per heavy atom. The SMILES string of the molecule is COc1cc2occ(-c3ccccc3OC)c2cc1/C(C)=C/C(=O)NCCCN1CCOCC1. The third kappa shape index (κ3) is 5.43. The Balaban J connectivity index is 1.51. The summed E-state index contributed by atoms with van der Waals surface area (Å²) < 4.78 is 22.4. The van der Waals surface area contributed by atoms with E-state index in [1.807, 2.05) is 43.3 Å². The van der Waals surface area contributed by atoms with Gasteiger partial charge in [-0.2, -0.15) is 0 Å². The van der Waals surface area contributed by atoms with Crippen LogP contribution in [0.25, 0.3) is 27.7 Å². The van der Waals surface area contributed by atoms with Crippen LogP contribution in [0.1, 0.15) is 18.9 Å². The number of hydrogen-bond acceptors (Lipinski definition) is 6.